The van der Waals surface area contributed by atoms with E-state index in [9.17, 15) is 13.2 Å². The zero-order valence-corrected chi connectivity index (χ0v) is 19.8. The summed E-state index contributed by atoms with van der Waals surface area (Å²) in [6, 6.07) is 21.3. The van der Waals surface area contributed by atoms with Gasteiger partial charge in [-0.25, -0.2) is 8.42 Å². The van der Waals surface area contributed by atoms with E-state index in [2.05, 4.69) is 17.4 Å². The molecule has 5 nitrogen and oxygen atoms in total. The molecule has 0 aliphatic heterocycles. The van der Waals surface area contributed by atoms with Crippen LogP contribution in [0.1, 0.15) is 23.1 Å². The molecule has 0 aliphatic carbocycles. The molecule has 1 amide bonds. The van der Waals surface area contributed by atoms with Gasteiger partial charge in [0.1, 0.15) is 6.54 Å². The first-order valence-corrected chi connectivity index (χ1v) is 12.2. The third-order valence-corrected chi connectivity index (χ3v) is 7.06. The molecule has 0 spiro atoms. The number of hydrogen-bond donors (Lipinski definition) is 1. The number of halogens is 1. The van der Waals surface area contributed by atoms with Gasteiger partial charge in [-0.3, -0.25) is 9.10 Å². The second kappa shape index (κ2) is 10.7. The lowest BCUT2D eigenvalue weighted by atomic mass is 10.1. The molecule has 0 bridgehead atoms. The summed E-state index contributed by atoms with van der Waals surface area (Å²) in [7, 11) is -3.95. The Morgan fingerprint density at radius 2 is 1.66 bits per heavy atom. The van der Waals surface area contributed by atoms with E-state index in [0.29, 0.717) is 17.3 Å². The Bertz CT molecular complexity index is 1180. The maximum Gasteiger partial charge on any atom is 0.264 e. The normalized spacial score (nSPS) is 11.2. The second-order valence-corrected chi connectivity index (χ2v) is 10.0. The smallest absolute Gasteiger partial charge is 0.264 e. The summed E-state index contributed by atoms with van der Waals surface area (Å²) in [6.07, 6.45) is 1.60. The van der Waals surface area contributed by atoms with E-state index in [0.717, 1.165) is 22.7 Å². The number of carbonyl (C=O) groups is 1. The highest BCUT2D eigenvalue weighted by Crippen LogP contribution is 2.26. The number of nitrogens with one attached hydrogen (secondary N) is 1. The molecule has 0 saturated heterocycles. The Morgan fingerprint density at radius 1 is 0.938 bits per heavy atom. The van der Waals surface area contributed by atoms with Crippen LogP contribution in [0.25, 0.3) is 0 Å². The average Bonchev–Trinajstić information content (AvgIpc) is 2.75. The van der Waals surface area contributed by atoms with Crippen molar-refractivity contribution >= 4 is 33.2 Å². The Labute approximate surface area is 195 Å². The van der Waals surface area contributed by atoms with Crippen molar-refractivity contribution in [3.05, 3.63) is 94.5 Å². The first-order chi connectivity index (χ1) is 15.3. The predicted molar refractivity (Wildman–Crippen MR) is 130 cm³/mol. The maximum atomic E-state index is 13.3. The summed E-state index contributed by atoms with van der Waals surface area (Å²) in [5.41, 5.74) is 3.70. The SMILES string of the molecule is Cc1ccc(S(=O)(=O)N(CC(=O)NCCCc2cccc(C)c2)c2cccc(Cl)c2)cc1. The van der Waals surface area contributed by atoms with Gasteiger partial charge < -0.3 is 5.32 Å². The van der Waals surface area contributed by atoms with Crippen molar-refractivity contribution in [1.29, 1.82) is 0 Å². The fraction of sp³-hybridized carbons (Fsp3) is 0.240. The molecule has 168 valence electrons. The summed E-state index contributed by atoms with van der Waals surface area (Å²) >= 11 is 6.09. The molecule has 3 aromatic carbocycles. The molecule has 0 fully saturated rings. The van der Waals surface area contributed by atoms with Crippen molar-refractivity contribution in [2.45, 2.75) is 31.6 Å². The Balaban J connectivity index is 1.71. The van der Waals surface area contributed by atoms with E-state index < -0.39 is 10.0 Å². The monoisotopic (exact) mass is 470 g/mol. The summed E-state index contributed by atoms with van der Waals surface area (Å²) in [5.74, 6) is -0.370. The molecule has 0 heterocycles. The quantitative estimate of drug-likeness (QED) is 0.452. The van der Waals surface area contributed by atoms with Crippen LogP contribution < -0.4 is 9.62 Å². The van der Waals surface area contributed by atoms with Crippen LogP contribution in [0.5, 0.6) is 0 Å². The molecule has 1 N–H and O–H groups in total. The van der Waals surface area contributed by atoms with E-state index in [4.69, 9.17) is 11.6 Å². The highest BCUT2D eigenvalue weighted by molar-refractivity contribution is 7.92. The molecular weight excluding hydrogens is 444 g/mol. The fourth-order valence-corrected chi connectivity index (χ4v) is 4.96. The van der Waals surface area contributed by atoms with Crippen LogP contribution in [0.15, 0.2) is 77.7 Å². The lowest BCUT2D eigenvalue weighted by Crippen LogP contribution is -2.41. The number of rotatable bonds is 9. The van der Waals surface area contributed by atoms with Crippen molar-refractivity contribution in [2.24, 2.45) is 0 Å². The molecule has 32 heavy (non-hydrogen) atoms. The zero-order valence-electron chi connectivity index (χ0n) is 18.2. The number of benzene rings is 3. The van der Waals surface area contributed by atoms with Crippen LogP contribution in [-0.2, 0) is 21.2 Å². The van der Waals surface area contributed by atoms with Gasteiger partial charge in [-0.15, -0.1) is 0 Å². The molecule has 3 rings (SSSR count). The fourth-order valence-electron chi connectivity index (χ4n) is 3.36. The number of amides is 1. The van der Waals surface area contributed by atoms with Crippen molar-refractivity contribution in [3.63, 3.8) is 0 Å². The highest BCUT2D eigenvalue weighted by atomic mass is 35.5. The number of carbonyl (C=O) groups excluding carboxylic acids is 1. The van der Waals surface area contributed by atoms with Gasteiger partial charge in [0, 0.05) is 11.6 Å². The van der Waals surface area contributed by atoms with Gasteiger partial charge in [0.15, 0.2) is 0 Å². The Hall–Kier alpha value is -2.83. The van der Waals surface area contributed by atoms with Crippen LogP contribution in [0.2, 0.25) is 5.02 Å². The van der Waals surface area contributed by atoms with Gasteiger partial charge in [-0.2, -0.15) is 0 Å². The molecule has 0 saturated carbocycles. The topological polar surface area (TPSA) is 66.5 Å². The minimum atomic E-state index is -3.95. The van der Waals surface area contributed by atoms with Crippen LogP contribution >= 0.6 is 11.6 Å². The van der Waals surface area contributed by atoms with E-state index in [1.807, 2.05) is 26.0 Å². The molecule has 0 aromatic heterocycles. The summed E-state index contributed by atoms with van der Waals surface area (Å²) in [5, 5.41) is 3.23. The summed E-state index contributed by atoms with van der Waals surface area (Å²) < 4.78 is 27.8. The molecule has 0 aliphatic rings. The van der Waals surface area contributed by atoms with Gasteiger partial charge >= 0.3 is 0 Å². The molecule has 7 heteroatoms. The van der Waals surface area contributed by atoms with Gasteiger partial charge in [-0.05, 0) is 62.6 Å². The van der Waals surface area contributed by atoms with Gasteiger partial charge in [0.2, 0.25) is 5.91 Å². The van der Waals surface area contributed by atoms with Crippen molar-refractivity contribution in [1.82, 2.24) is 5.32 Å². The van der Waals surface area contributed by atoms with E-state index >= 15 is 0 Å². The third kappa shape index (κ3) is 6.34. The molecule has 0 atom stereocenters. The van der Waals surface area contributed by atoms with E-state index in [1.54, 1.807) is 42.5 Å². The number of aryl methyl sites for hydroxylation is 3. The number of anilines is 1. The Kier molecular flexibility index (Phi) is 7.94. The number of sulfonamides is 1. The Morgan fingerprint density at radius 3 is 2.34 bits per heavy atom. The molecule has 3 aromatic rings. The lowest BCUT2D eigenvalue weighted by Gasteiger charge is -2.24. The minimum absolute atomic E-state index is 0.121. The third-order valence-electron chi connectivity index (χ3n) is 5.04. The van der Waals surface area contributed by atoms with Crippen LogP contribution in [0, 0.1) is 13.8 Å². The van der Waals surface area contributed by atoms with E-state index in [1.165, 1.54) is 17.2 Å². The number of nitrogens with zero attached hydrogens (tertiary/aromatic N) is 1. The van der Waals surface area contributed by atoms with Crippen LogP contribution in [0.3, 0.4) is 0 Å². The standard InChI is InChI=1S/C25H27ClN2O3S/c1-19-11-13-24(14-12-19)32(30,31)28(23-10-4-9-22(26)17-23)18-25(29)27-15-5-8-21-7-3-6-20(2)16-21/h3-4,6-7,9-14,16-17H,5,8,15,18H2,1-2H3,(H,27,29). The molecule has 0 unspecified atom stereocenters. The predicted octanol–water partition coefficient (Wildman–Crippen LogP) is 4.90. The number of hydrogen-bond acceptors (Lipinski definition) is 3. The van der Waals surface area contributed by atoms with Gasteiger partial charge in [-0.1, -0.05) is 65.2 Å². The summed E-state index contributed by atoms with van der Waals surface area (Å²) in [4.78, 5) is 12.8. The van der Waals surface area contributed by atoms with E-state index in [-0.39, 0.29) is 17.3 Å². The largest absolute Gasteiger partial charge is 0.355 e. The lowest BCUT2D eigenvalue weighted by molar-refractivity contribution is -0.119. The van der Waals surface area contributed by atoms with Gasteiger partial charge in [0.25, 0.3) is 10.0 Å². The minimum Gasteiger partial charge on any atom is -0.355 e. The average molecular weight is 471 g/mol. The zero-order chi connectivity index (χ0) is 23.1. The molecule has 0 radical (unpaired) electrons. The van der Waals surface area contributed by atoms with Crippen molar-refractivity contribution < 1.29 is 13.2 Å². The van der Waals surface area contributed by atoms with Crippen molar-refractivity contribution in [3.8, 4) is 0 Å². The van der Waals surface area contributed by atoms with Gasteiger partial charge in [0.05, 0.1) is 10.6 Å². The first-order valence-electron chi connectivity index (χ1n) is 10.4. The summed E-state index contributed by atoms with van der Waals surface area (Å²) in [6.45, 7) is 4.06. The second-order valence-electron chi connectivity index (χ2n) is 7.75. The maximum absolute atomic E-state index is 13.3. The van der Waals surface area contributed by atoms with Crippen molar-refractivity contribution in [2.75, 3.05) is 17.4 Å². The molecular formula is C25H27ClN2O3S. The van der Waals surface area contributed by atoms with Crippen LogP contribution in [0.4, 0.5) is 5.69 Å². The highest BCUT2D eigenvalue weighted by Gasteiger charge is 2.27. The van der Waals surface area contributed by atoms with Crippen LogP contribution in [-0.4, -0.2) is 27.4 Å². The first kappa shape index (κ1) is 23.8.